The first kappa shape index (κ1) is 11.5. The summed E-state index contributed by atoms with van der Waals surface area (Å²) in [6, 6.07) is 2.59. The zero-order chi connectivity index (χ0) is 12.6. The van der Waals surface area contributed by atoms with Crippen LogP contribution in [0.2, 0.25) is 0 Å². The zero-order valence-electron chi connectivity index (χ0n) is 8.71. The molecule has 0 radical (unpaired) electrons. The summed E-state index contributed by atoms with van der Waals surface area (Å²) in [5.41, 5.74) is 6.30. The summed E-state index contributed by atoms with van der Waals surface area (Å²) in [5.74, 6) is -3.01. The summed E-state index contributed by atoms with van der Waals surface area (Å²) >= 11 is 0. The smallest absolute Gasteiger partial charge is 0.320 e. The molecule has 0 aliphatic heterocycles. The summed E-state index contributed by atoms with van der Waals surface area (Å²) in [4.78, 5) is 13.4. The van der Waals surface area contributed by atoms with Crippen molar-refractivity contribution in [3.63, 3.8) is 0 Å². The second-order valence-electron chi connectivity index (χ2n) is 3.80. The lowest BCUT2D eigenvalue weighted by molar-refractivity contribution is -0.138. The van der Waals surface area contributed by atoms with E-state index in [1.165, 1.54) is 0 Å². The van der Waals surface area contributed by atoms with Crippen molar-refractivity contribution in [2.24, 2.45) is 5.73 Å². The van der Waals surface area contributed by atoms with Crippen molar-refractivity contribution in [1.82, 2.24) is 4.98 Å². The average Bonchev–Trinajstić information content (AvgIpc) is 2.60. The second kappa shape index (κ2) is 4.14. The predicted octanol–water partition coefficient (Wildman–Crippen LogP) is 1.40. The summed E-state index contributed by atoms with van der Waals surface area (Å²) in [6.07, 6.45) is 0.0766. The van der Waals surface area contributed by atoms with Crippen LogP contribution in [0.15, 0.2) is 18.2 Å². The van der Waals surface area contributed by atoms with Crippen LogP contribution in [-0.2, 0) is 11.2 Å². The number of aliphatic carboxylic acids is 1. The third kappa shape index (κ3) is 2.26. The lowest BCUT2D eigenvalue weighted by atomic mass is 10.1. The lowest BCUT2D eigenvalue weighted by Crippen LogP contribution is -2.32. The van der Waals surface area contributed by atoms with Crippen molar-refractivity contribution < 1.29 is 18.7 Å². The number of carboxylic acid groups (broad SMARTS) is 1. The number of H-pyrrole nitrogens is 1. The molecule has 2 aromatic rings. The number of hydrogen-bond acceptors (Lipinski definition) is 2. The number of benzene rings is 1. The van der Waals surface area contributed by atoms with E-state index in [-0.39, 0.29) is 6.42 Å². The highest BCUT2D eigenvalue weighted by Gasteiger charge is 2.14. The van der Waals surface area contributed by atoms with Crippen LogP contribution in [0.4, 0.5) is 8.78 Å². The van der Waals surface area contributed by atoms with Crippen molar-refractivity contribution in [1.29, 1.82) is 0 Å². The molecule has 90 valence electrons. The molecule has 1 atom stereocenters. The number of aromatic amines is 1. The lowest BCUT2D eigenvalue weighted by Gasteiger charge is -2.02. The maximum atomic E-state index is 12.9. The van der Waals surface area contributed by atoms with E-state index in [1.54, 1.807) is 6.07 Å². The van der Waals surface area contributed by atoms with Crippen LogP contribution < -0.4 is 5.73 Å². The van der Waals surface area contributed by atoms with Crippen molar-refractivity contribution in [2.45, 2.75) is 12.5 Å². The first-order valence-corrected chi connectivity index (χ1v) is 4.92. The van der Waals surface area contributed by atoms with Crippen LogP contribution in [0, 0.1) is 11.6 Å². The minimum absolute atomic E-state index is 0.0766. The van der Waals surface area contributed by atoms with E-state index in [1.807, 2.05) is 0 Å². The van der Waals surface area contributed by atoms with E-state index in [0.29, 0.717) is 16.6 Å². The van der Waals surface area contributed by atoms with Gasteiger partial charge in [-0.2, -0.15) is 0 Å². The molecule has 1 heterocycles. The van der Waals surface area contributed by atoms with E-state index in [0.717, 1.165) is 12.1 Å². The Bertz CT molecular complexity index is 541. The molecule has 0 saturated carbocycles. The summed E-state index contributed by atoms with van der Waals surface area (Å²) in [7, 11) is 0. The van der Waals surface area contributed by atoms with Crippen molar-refractivity contribution in [3.8, 4) is 0 Å². The fourth-order valence-corrected chi connectivity index (χ4v) is 1.62. The zero-order valence-corrected chi connectivity index (χ0v) is 8.71. The normalized spacial score (nSPS) is 12.9. The molecule has 0 saturated heterocycles. The van der Waals surface area contributed by atoms with Gasteiger partial charge in [0, 0.05) is 29.1 Å². The van der Waals surface area contributed by atoms with E-state index < -0.39 is 23.6 Å². The molecule has 0 bridgehead atoms. The molecule has 0 spiro atoms. The summed E-state index contributed by atoms with van der Waals surface area (Å²) in [6.45, 7) is 0. The van der Waals surface area contributed by atoms with E-state index in [9.17, 15) is 13.6 Å². The third-order valence-electron chi connectivity index (χ3n) is 2.47. The van der Waals surface area contributed by atoms with Gasteiger partial charge in [-0.05, 0) is 12.1 Å². The number of rotatable bonds is 3. The van der Waals surface area contributed by atoms with Gasteiger partial charge < -0.3 is 15.8 Å². The molecule has 6 heteroatoms. The van der Waals surface area contributed by atoms with E-state index in [4.69, 9.17) is 10.8 Å². The predicted molar refractivity (Wildman–Crippen MR) is 57.5 cm³/mol. The van der Waals surface area contributed by atoms with Crippen LogP contribution in [0.1, 0.15) is 5.69 Å². The van der Waals surface area contributed by atoms with Gasteiger partial charge >= 0.3 is 5.97 Å². The molecule has 17 heavy (non-hydrogen) atoms. The van der Waals surface area contributed by atoms with Gasteiger partial charge in [-0.1, -0.05) is 0 Å². The minimum atomic E-state index is -1.12. The van der Waals surface area contributed by atoms with Gasteiger partial charge in [-0.15, -0.1) is 0 Å². The minimum Gasteiger partial charge on any atom is -0.480 e. The SMILES string of the molecule is NC(Cc1cc2cc(F)c(F)cc2[nH]1)C(=O)O. The molecule has 1 aromatic heterocycles. The first-order valence-electron chi connectivity index (χ1n) is 4.92. The number of carbonyl (C=O) groups is 1. The molecular weight excluding hydrogens is 230 g/mol. The summed E-state index contributed by atoms with van der Waals surface area (Å²) in [5, 5.41) is 9.13. The number of aromatic nitrogens is 1. The maximum absolute atomic E-state index is 12.9. The quantitative estimate of drug-likeness (QED) is 0.758. The number of halogens is 2. The Labute approximate surface area is 95.0 Å². The van der Waals surface area contributed by atoms with Crippen molar-refractivity contribution in [3.05, 3.63) is 35.5 Å². The molecule has 0 aliphatic rings. The molecular formula is C11H10F2N2O2. The Balaban J connectivity index is 2.35. The van der Waals surface area contributed by atoms with Crippen LogP contribution in [-0.4, -0.2) is 22.1 Å². The number of hydrogen-bond donors (Lipinski definition) is 3. The Hall–Kier alpha value is -1.95. The van der Waals surface area contributed by atoms with Gasteiger partial charge in [0.25, 0.3) is 0 Å². The first-order chi connectivity index (χ1) is 7.97. The number of nitrogens with two attached hydrogens (primary N) is 1. The Morgan fingerprint density at radius 3 is 2.65 bits per heavy atom. The Kier molecular flexibility index (Phi) is 2.81. The third-order valence-corrected chi connectivity index (χ3v) is 2.47. The molecule has 0 amide bonds. The van der Waals surface area contributed by atoms with Crippen LogP contribution >= 0.6 is 0 Å². The maximum Gasteiger partial charge on any atom is 0.320 e. The fourth-order valence-electron chi connectivity index (χ4n) is 1.62. The monoisotopic (exact) mass is 240 g/mol. The van der Waals surface area contributed by atoms with E-state index >= 15 is 0 Å². The standard InChI is InChI=1S/C11H10F2N2O2/c12-7-2-5-1-6(3-9(14)11(16)17)15-10(5)4-8(7)13/h1-2,4,9,15H,3,14H2,(H,16,17). The van der Waals surface area contributed by atoms with Crippen molar-refractivity contribution in [2.75, 3.05) is 0 Å². The highest BCUT2D eigenvalue weighted by Crippen LogP contribution is 2.19. The van der Waals surface area contributed by atoms with Gasteiger partial charge in [-0.25, -0.2) is 8.78 Å². The van der Waals surface area contributed by atoms with Gasteiger partial charge in [0.2, 0.25) is 0 Å². The van der Waals surface area contributed by atoms with Gasteiger partial charge in [0.1, 0.15) is 6.04 Å². The van der Waals surface area contributed by atoms with Crippen LogP contribution in [0.3, 0.4) is 0 Å². The van der Waals surface area contributed by atoms with E-state index in [2.05, 4.69) is 4.98 Å². The van der Waals surface area contributed by atoms with Crippen LogP contribution in [0.25, 0.3) is 10.9 Å². The molecule has 4 N–H and O–H groups in total. The van der Waals surface area contributed by atoms with Gasteiger partial charge in [0.15, 0.2) is 11.6 Å². The fraction of sp³-hybridized carbons (Fsp3) is 0.182. The summed E-state index contributed by atoms with van der Waals surface area (Å²) < 4.78 is 25.9. The molecule has 0 fully saturated rings. The van der Waals surface area contributed by atoms with Gasteiger partial charge in [0.05, 0.1) is 0 Å². The molecule has 2 rings (SSSR count). The number of carboxylic acids is 1. The largest absolute Gasteiger partial charge is 0.480 e. The molecule has 1 aromatic carbocycles. The molecule has 4 nitrogen and oxygen atoms in total. The molecule has 1 unspecified atom stereocenters. The van der Waals surface area contributed by atoms with Crippen LogP contribution in [0.5, 0.6) is 0 Å². The number of fused-ring (bicyclic) bond motifs is 1. The molecule has 0 aliphatic carbocycles. The van der Waals surface area contributed by atoms with Gasteiger partial charge in [-0.3, -0.25) is 4.79 Å². The topological polar surface area (TPSA) is 79.1 Å². The second-order valence-corrected chi connectivity index (χ2v) is 3.80. The Morgan fingerprint density at radius 1 is 1.35 bits per heavy atom. The highest BCUT2D eigenvalue weighted by atomic mass is 19.2. The number of nitrogens with one attached hydrogen (secondary N) is 1. The highest BCUT2D eigenvalue weighted by molar-refractivity contribution is 5.81. The average molecular weight is 240 g/mol. The van der Waals surface area contributed by atoms with Crippen molar-refractivity contribution >= 4 is 16.9 Å². The Morgan fingerprint density at radius 2 is 2.00 bits per heavy atom.